The maximum atomic E-state index is 12.6. The number of nitrogens with one attached hydrogen (secondary N) is 1. The Morgan fingerprint density at radius 1 is 1.35 bits per heavy atom. The topological polar surface area (TPSA) is 65.4 Å². The molecule has 5 nitrogen and oxygen atoms in total. The summed E-state index contributed by atoms with van der Waals surface area (Å²) in [5.41, 5.74) is 2.63. The first-order valence-electron chi connectivity index (χ1n) is 8.49. The van der Waals surface area contributed by atoms with E-state index in [1.165, 1.54) is 0 Å². The first-order valence-corrected chi connectivity index (χ1v) is 9.28. The van der Waals surface area contributed by atoms with E-state index in [0.29, 0.717) is 25.3 Å². The summed E-state index contributed by atoms with van der Waals surface area (Å²) in [5, 5.41) is 11.9. The van der Waals surface area contributed by atoms with Crippen molar-refractivity contribution in [3.63, 3.8) is 0 Å². The second-order valence-electron chi connectivity index (χ2n) is 6.27. The van der Waals surface area contributed by atoms with E-state index in [2.05, 4.69) is 27.3 Å². The van der Waals surface area contributed by atoms with Crippen LogP contribution in [0.25, 0.3) is 0 Å². The molecule has 1 N–H and O–H groups in total. The van der Waals surface area contributed by atoms with E-state index in [1.807, 2.05) is 43.3 Å². The number of carbonyl (C=O) groups excluding carboxylic acids is 1. The predicted molar refractivity (Wildman–Crippen MR) is 103 cm³/mol. The summed E-state index contributed by atoms with van der Waals surface area (Å²) in [7, 11) is 0. The minimum Gasteiger partial charge on any atom is -0.370 e. The van der Waals surface area contributed by atoms with Crippen molar-refractivity contribution < 1.29 is 9.53 Å². The minimum absolute atomic E-state index is 0.106. The predicted octanol–water partition coefficient (Wildman–Crippen LogP) is 4.16. The van der Waals surface area contributed by atoms with Gasteiger partial charge in [-0.3, -0.25) is 0 Å². The lowest BCUT2D eigenvalue weighted by Crippen LogP contribution is -2.47. The number of amides is 2. The summed E-state index contributed by atoms with van der Waals surface area (Å²) in [6.45, 7) is 3.53. The van der Waals surface area contributed by atoms with E-state index in [9.17, 15) is 4.79 Å². The number of rotatable bonds is 3. The number of hydrogen-bond donors (Lipinski definition) is 1. The van der Waals surface area contributed by atoms with Crippen molar-refractivity contribution in [1.82, 2.24) is 10.2 Å². The van der Waals surface area contributed by atoms with Crippen molar-refractivity contribution in [3.05, 3.63) is 69.7 Å². The zero-order chi connectivity index (χ0) is 18.5. The molecule has 1 aliphatic heterocycles. The fourth-order valence-electron chi connectivity index (χ4n) is 2.95. The van der Waals surface area contributed by atoms with Crippen LogP contribution in [0.2, 0.25) is 0 Å². The minimum atomic E-state index is -0.137. The molecule has 0 saturated carbocycles. The van der Waals surface area contributed by atoms with Gasteiger partial charge in [0.15, 0.2) is 0 Å². The molecule has 2 unspecified atom stereocenters. The van der Waals surface area contributed by atoms with Gasteiger partial charge in [-0.15, -0.1) is 0 Å². The fourth-order valence-corrected chi connectivity index (χ4v) is 3.37. The van der Waals surface area contributed by atoms with Gasteiger partial charge in [-0.25, -0.2) is 4.79 Å². The van der Waals surface area contributed by atoms with Crippen LogP contribution in [0.15, 0.2) is 53.0 Å². The lowest BCUT2D eigenvalue weighted by atomic mass is 10.1. The van der Waals surface area contributed by atoms with Crippen molar-refractivity contribution in [1.29, 1.82) is 5.26 Å². The first-order chi connectivity index (χ1) is 12.6. The largest absolute Gasteiger partial charge is 0.370 e. The molecule has 1 aliphatic rings. The Labute approximate surface area is 161 Å². The Morgan fingerprint density at radius 3 is 2.81 bits per heavy atom. The molecule has 3 rings (SSSR count). The Hall–Kier alpha value is -2.36. The highest BCUT2D eigenvalue weighted by molar-refractivity contribution is 9.10. The molecule has 2 atom stereocenters. The Morgan fingerprint density at radius 2 is 2.12 bits per heavy atom. The van der Waals surface area contributed by atoms with Crippen molar-refractivity contribution in [2.75, 3.05) is 19.7 Å². The molecule has 2 aromatic rings. The van der Waals surface area contributed by atoms with Crippen LogP contribution in [-0.4, -0.2) is 30.6 Å². The zero-order valence-corrected chi connectivity index (χ0v) is 16.1. The zero-order valence-electron chi connectivity index (χ0n) is 14.5. The van der Waals surface area contributed by atoms with E-state index in [-0.39, 0.29) is 18.2 Å². The number of hydrogen-bond acceptors (Lipinski definition) is 3. The Balaban J connectivity index is 1.62. The van der Waals surface area contributed by atoms with Crippen molar-refractivity contribution in [2.24, 2.45) is 0 Å². The molecule has 26 heavy (non-hydrogen) atoms. The number of urea groups is 1. The van der Waals surface area contributed by atoms with Crippen molar-refractivity contribution >= 4 is 22.0 Å². The van der Waals surface area contributed by atoms with Gasteiger partial charge < -0.3 is 15.0 Å². The van der Waals surface area contributed by atoms with E-state index >= 15 is 0 Å². The molecule has 1 saturated heterocycles. The third-order valence-corrected chi connectivity index (χ3v) is 4.95. The quantitative estimate of drug-likeness (QED) is 0.820. The molecule has 0 aromatic heterocycles. The number of benzene rings is 2. The molecule has 0 aliphatic carbocycles. The third-order valence-electron chi connectivity index (χ3n) is 4.45. The number of morpholine rings is 1. The SMILES string of the molecule is CC(NC(=O)N1CCOC(c2cccc(Br)c2)C1)c1ccc(C#N)cc1. The van der Waals surface area contributed by atoms with Gasteiger partial charge in [0.25, 0.3) is 0 Å². The highest BCUT2D eigenvalue weighted by Crippen LogP contribution is 2.25. The lowest BCUT2D eigenvalue weighted by molar-refractivity contribution is -0.0157. The van der Waals surface area contributed by atoms with E-state index < -0.39 is 0 Å². The number of ether oxygens (including phenoxy) is 1. The molecule has 1 fully saturated rings. The lowest BCUT2D eigenvalue weighted by Gasteiger charge is -2.34. The molecule has 2 amide bonds. The van der Waals surface area contributed by atoms with Gasteiger partial charge in [-0.1, -0.05) is 40.2 Å². The fraction of sp³-hybridized carbons (Fsp3) is 0.300. The van der Waals surface area contributed by atoms with Gasteiger partial charge in [0, 0.05) is 11.0 Å². The molecule has 6 heteroatoms. The van der Waals surface area contributed by atoms with Gasteiger partial charge in [0.2, 0.25) is 0 Å². The Kier molecular flexibility index (Phi) is 5.92. The van der Waals surface area contributed by atoms with Crippen LogP contribution in [0.1, 0.15) is 35.8 Å². The molecule has 1 heterocycles. The van der Waals surface area contributed by atoms with Crippen LogP contribution in [0.4, 0.5) is 4.79 Å². The van der Waals surface area contributed by atoms with E-state index in [4.69, 9.17) is 10.00 Å². The van der Waals surface area contributed by atoms with E-state index in [1.54, 1.807) is 17.0 Å². The average molecular weight is 414 g/mol. The second-order valence-corrected chi connectivity index (χ2v) is 7.18. The van der Waals surface area contributed by atoms with Crippen LogP contribution in [-0.2, 0) is 4.74 Å². The smallest absolute Gasteiger partial charge is 0.318 e. The first kappa shape index (κ1) is 18.4. The number of nitriles is 1. The molecule has 0 spiro atoms. The molecule has 0 bridgehead atoms. The highest BCUT2D eigenvalue weighted by atomic mass is 79.9. The van der Waals surface area contributed by atoms with Crippen LogP contribution in [0.3, 0.4) is 0 Å². The maximum absolute atomic E-state index is 12.6. The maximum Gasteiger partial charge on any atom is 0.318 e. The molecule has 2 aromatic carbocycles. The number of carbonyl (C=O) groups is 1. The Bertz CT molecular complexity index is 817. The monoisotopic (exact) mass is 413 g/mol. The van der Waals surface area contributed by atoms with Crippen LogP contribution >= 0.6 is 15.9 Å². The molecular formula is C20H20BrN3O2. The van der Waals surface area contributed by atoms with Crippen LogP contribution < -0.4 is 5.32 Å². The summed E-state index contributed by atoms with van der Waals surface area (Å²) in [6, 6.07) is 17.1. The van der Waals surface area contributed by atoms with Crippen molar-refractivity contribution in [2.45, 2.75) is 19.1 Å². The van der Waals surface area contributed by atoms with E-state index in [0.717, 1.165) is 15.6 Å². The van der Waals surface area contributed by atoms with Gasteiger partial charge >= 0.3 is 6.03 Å². The summed E-state index contributed by atoms with van der Waals surface area (Å²) in [6.07, 6.45) is -0.128. The van der Waals surface area contributed by atoms with Crippen LogP contribution in [0.5, 0.6) is 0 Å². The third kappa shape index (κ3) is 4.43. The number of nitrogens with zero attached hydrogens (tertiary/aromatic N) is 2. The van der Waals surface area contributed by atoms with Gasteiger partial charge in [0.05, 0.1) is 30.8 Å². The van der Waals surface area contributed by atoms with Gasteiger partial charge in [0.1, 0.15) is 6.10 Å². The molecule has 0 radical (unpaired) electrons. The summed E-state index contributed by atoms with van der Waals surface area (Å²) in [5.74, 6) is 0. The summed E-state index contributed by atoms with van der Waals surface area (Å²) >= 11 is 3.47. The van der Waals surface area contributed by atoms with Gasteiger partial charge in [-0.2, -0.15) is 5.26 Å². The van der Waals surface area contributed by atoms with Crippen LogP contribution in [0, 0.1) is 11.3 Å². The standard InChI is InChI=1S/C20H20BrN3O2/c1-14(16-7-5-15(12-22)6-8-16)23-20(25)24-9-10-26-19(13-24)17-3-2-4-18(21)11-17/h2-8,11,14,19H,9-10,13H2,1H3,(H,23,25). The molecule has 134 valence electrons. The number of halogens is 1. The second kappa shape index (κ2) is 8.35. The molecular weight excluding hydrogens is 394 g/mol. The summed E-state index contributed by atoms with van der Waals surface area (Å²) in [4.78, 5) is 14.4. The van der Waals surface area contributed by atoms with Gasteiger partial charge in [-0.05, 0) is 42.3 Å². The normalized spacial score (nSPS) is 18.0. The average Bonchev–Trinajstić information content (AvgIpc) is 2.68. The van der Waals surface area contributed by atoms with Crippen molar-refractivity contribution in [3.8, 4) is 6.07 Å². The highest BCUT2D eigenvalue weighted by Gasteiger charge is 2.26. The summed E-state index contributed by atoms with van der Waals surface area (Å²) < 4.78 is 6.84.